The molecule has 1 atom stereocenters. The van der Waals surface area contributed by atoms with Gasteiger partial charge >= 0.3 is 0 Å². The Morgan fingerprint density at radius 2 is 1.85 bits per heavy atom. The van der Waals surface area contributed by atoms with Gasteiger partial charge in [0, 0.05) is 6.61 Å². The van der Waals surface area contributed by atoms with Crippen LogP contribution in [0.2, 0.25) is 0 Å². The van der Waals surface area contributed by atoms with Crippen LogP contribution in [0.3, 0.4) is 0 Å². The lowest BCUT2D eigenvalue weighted by Gasteiger charge is -2.16. The molecule has 0 spiro atoms. The molecule has 106 valence electrons. The SMILES string of the molecule is COc1cccc(CC(CO)Cc2ccccc2C)c1. The van der Waals surface area contributed by atoms with Crippen molar-refractivity contribution >= 4 is 0 Å². The van der Waals surface area contributed by atoms with Crippen LogP contribution < -0.4 is 4.74 Å². The summed E-state index contributed by atoms with van der Waals surface area (Å²) in [6.45, 7) is 2.32. The predicted octanol–water partition coefficient (Wildman–Crippen LogP) is 3.40. The number of aliphatic hydroxyl groups excluding tert-OH is 1. The molecule has 0 amide bonds. The van der Waals surface area contributed by atoms with Gasteiger partial charge in [-0.15, -0.1) is 0 Å². The molecule has 0 saturated heterocycles. The molecule has 2 heteroatoms. The van der Waals surface area contributed by atoms with Gasteiger partial charge in [0.2, 0.25) is 0 Å². The fraction of sp³-hybridized carbons (Fsp3) is 0.333. The third-order valence-electron chi connectivity index (χ3n) is 3.69. The van der Waals surface area contributed by atoms with Crippen molar-refractivity contribution in [3.8, 4) is 5.75 Å². The van der Waals surface area contributed by atoms with E-state index >= 15 is 0 Å². The van der Waals surface area contributed by atoms with Gasteiger partial charge in [0.25, 0.3) is 0 Å². The lowest BCUT2D eigenvalue weighted by molar-refractivity contribution is 0.224. The molecule has 0 aliphatic carbocycles. The van der Waals surface area contributed by atoms with Crippen LogP contribution in [-0.2, 0) is 12.8 Å². The molecule has 2 aromatic carbocycles. The fourth-order valence-corrected chi connectivity index (χ4v) is 2.48. The first-order chi connectivity index (χ1) is 9.72. The van der Waals surface area contributed by atoms with Crippen molar-refractivity contribution in [2.45, 2.75) is 19.8 Å². The van der Waals surface area contributed by atoms with E-state index in [1.54, 1.807) is 7.11 Å². The molecule has 0 aliphatic heterocycles. The first-order valence-corrected chi connectivity index (χ1v) is 7.01. The summed E-state index contributed by atoms with van der Waals surface area (Å²) in [6.07, 6.45) is 1.77. The average Bonchev–Trinajstić information content (AvgIpc) is 2.49. The van der Waals surface area contributed by atoms with E-state index in [-0.39, 0.29) is 12.5 Å². The Hall–Kier alpha value is -1.80. The molecule has 0 saturated carbocycles. The molecule has 2 aromatic rings. The van der Waals surface area contributed by atoms with Gasteiger partial charge in [-0.25, -0.2) is 0 Å². The van der Waals surface area contributed by atoms with E-state index in [1.165, 1.54) is 16.7 Å². The van der Waals surface area contributed by atoms with Gasteiger partial charge in [0.05, 0.1) is 7.11 Å². The Morgan fingerprint density at radius 1 is 1.05 bits per heavy atom. The molecule has 0 aliphatic rings. The smallest absolute Gasteiger partial charge is 0.119 e. The van der Waals surface area contributed by atoms with E-state index < -0.39 is 0 Å². The molecule has 0 radical (unpaired) electrons. The summed E-state index contributed by atoms with van der Waals surface area (Å²) < 4.78 is 5.24. The quantitative estimate of drug-likeness (QED) is 0.871. The van der Waals surface area contributed by atoms with E-state index in [0.717, 1.165) is 18.6 Å². The average molecular weight is 270 g/mol. The summed E-state index contributed by atoms with van der Waals surface area (Å²) in [5, 5.41) is 9.63. The second-order valence-electron chi connectivity index (χ2n) is 5.23. The molecule has 0 bridgehead atoms. The molecule has 2 nitrogen and oxygen atoms in total. The number of ether oxygens (including phenoxy) is 1. The Bertz CT molecular complexity index is 549. The molecular weight excluding hydrogens is 248 g/mol. The second kappa shape index (κ2) is 7.11. The summed E-state index contributed by atoms with van der Waals surface area (Å²) in [6, 6.07) is 16.4. The number of methoxy groups -OCH3 is 1. The molecule has 2 rings (SSSR count). The molecule has 0 heterocycles. The maximum Gasteiger partial charge on any atom is 0.119 e. The predicted molar refractivity (Wildman–Crippen MR) is 82.2 cm³/mol. The molecule has 0 fully saturated rings. The van der Waals surface area contributed by atoms with Crippen LogP contribution in [0.25, 0.3) is 0 Å². The highest BCUT2D eigenvalue weighted by Crippen LogP contribution is 2.19. The maximum absolute atomic E-state index is 9.63. The van der Waals surface area contributed by atoms with E-state index in [1.807, 2.05) is 18.2 Å². The van der Waals surface area contributed by atoms with Crippen LogP contribution in [0, 0.1) is 12.8 Å². The largest absolute Gasteiger partial charge is 0.497 e. The lowest BCUT2D eigenvalue weighted by Crippen LogP contribution is -2.13. The van der Waals surface area contributed by atoms with Crippen LogP contribution in [0.15, 0.2) is 48.5 Å². The Balaban J connectivity index is 2.07. The first-order valence-electron chi connectivity index (χ1n) is 7.01. The standard InChI is InChI=1S/C18H22O2/c1-14-6-3-4-8-17(14)11-16(13-19)10-15-7-5-9-18(12-15)20-2/h3-9,12,16,19H,10-11,13H2,1-2H3. The number of rotatable bonds is 6. The van der Waals surface area contributed by atoms with Gasteiger partial charge in [-0.2, -0.15) is 0 Å². The van der Waals surface area contributed by atoms with E-state index in [2.05, 4.69) is 37.3 Å². The summed E-state index contributed by atoms with van der Waals surface area (Å²) in [7, 11) is 1.68. The maximum atomic E-state index is 9.63. The lowest BCUT2D eigenvalue weighted by atomic mass is 9.91. The number of hydrogen-bond acceptors (Lipinski definition) is 2. The topological polar surface area (TPSA) is 29.5 Å². The Labute approximate surface area is 121 Å². The van der Waals surface area contributed by atoms with Crippen LogP contribution in [-0.4, -0.2) is 18.8 Å². The van der Waals surface area contributed by atoms with Gasteiger partial charge in [0.15, 0.2) is 0 Å². The van der Waals surface area contributed by atoms with Crippen LogP contribution >= 0.6 is 0 Å². The van der Waals surface area contributed by atoms with Crippen LogP contribution in [0.5, 0.6) is 5.75 Å². The van der Waals surface area contributed by atoms with Crippen molar-refractivity contribution in [3.63, 3.8) is 0 Å². The van der Waals surface area contributed by atoms with Crippen molar-refractivity contribution in [1.82, 2.24) is 0 Å². The monoisotopic (exact) mass is 270 g/mol. The third-order valence-corrected chi connectivity index (χ3v) is 3.69. The highest BCUT2D eigenvalue weighted by atomic mass is 16.5. The van der Waals surface area contributed by atoms with Crippen molar-refractivity contribution in [2.75, 3.05) is 13.7 Å². The zero-order valence-corrected chi connectivity index (χ0v) is 12.2. The normalized spacial score (nSPS) is 12.2. The molecular formula is C18H22O2. The molecule has 1 N–H and O–H groups in total. The van der Waals surface area contributed by atoms with E-state index in [4.69, 9.17) is 4.74 Å². The van der Waals surface area contributed by atoms with Crippen molar-refractivity contribution < 1.29 is 9.84 Å². The number of aryl methyl sites for hydroxylation is 1. The molecule has 20 heavy (non-hydrogen) atoms. The highest BCUT2D eigenvalue weighted by Gasteiger charge is 2.11. The number of aliphatic hydroxyl groups is 1. The van der Waals surface area contributed by atoms with Crippen molar-refractivity contribution in [3.05, 3.63) is 65.2 Å². The minimum atomic E-state index is 0.200. The summed E-state index contributed by atoms with van der Waals surface area (Å²) >= 11 is 0. The second-order valence-corrected chi connectivity index (χ2v) is 5.23. The van der Waals surface area contributed by atoms with Gasteiger partial charge in [-0.3, -0.25) is 0 Å². The van der Waals surface area contributed by atoms with Gasteiger partial charge in [0.1, 0.15) is 5.75 Å². The van der Waals surface area contributed by atoms with Gasteiger partial charge in [-0.1, -0.05) is 36.4 Å². The fourth-order valence-electron chi connectivity index (χ4n) is 2.48. The minimum absolute atomic E-state index is 0.200. The minimum Gasteiger partial charge on any atom is -0.497 e. The highest BCUT2D eigenvalue weighted by molar-refractivity contribution is 5.30. The van der Waals surface area contributed by atoms with Gasteiger partial charge < -0.3 is 9.84 Å². The number of hydrogen-bond donors (Lipinski definition) is 1. The van der Waals surface area contributed by atoms with E-state index in [9.17, 15) is 5.11 Å². The summed E-state index contributed by atoms with van der Waals surface area (Å²) in [5.74, 6) is 1.11. The summed E-state index contributed by atoms with van der Waals surface area (Å²) in [5.41, 5.74) is 3.81. The zero-order chi connectivity index (χ0) is 14.4. The molecule has 1 unspecified atom stereocenters. The van der Waals surface area contributed by atoms with Gasteiger partial charge in [-0.05, 0) is 54.5 Å². The number of benzene rings is 2. The van der Waals surface area contributed by atoms with Crippen LogP contribution in [0.1, 0.15) is 16.7 Å². The summed E-state index contributed by atoms with van der Waals surface area (Å²) in [4.78, 5) is 0. The van der Waals surface area contributed by atoms with E-state index in [0.29, 0.717) is 0 Å². The third kappa shape index (κ3) is 3.84. The Kier molecular flexibility index (Phi) is 5.19. The van der Waals surface area contributed by atoms with Crippen LogP contribution in [0.4, 0.5) is 0 Å². The first kappa shape index (κ1) is 14.6. The Morgan fingerprint density at radius 3 is 2.55 bits per heavy atom. The van der Waals surface area contributed by atoms with Crippen molar-refractivity contribution in [1.29, 1.82) is 0 Å². The zero-order valence-electron chi connectivity index (χ0n) is 12.2. The van der Waals surface area contributed by atoms with Crippen molar-refractivity contribution in [2.24, 2.45) is 5.92 Å². The molecule has 0 aromatic heterocycles.